The predicted molar refractivity (Wildman–Crippen MR) is 51.3 cm³/mol. The Kier molecular flexibility index (Phi) is 1.99. The predicted octanol–water partition coefficient (Wildman–Crippen LogP) is 1.65. The summed E-state index contributed by atoms with van der Waals surface area (Å²) in [5.41, 5.74) is 2.89. The van der Waals surface area contributed by atoms with Crippen LogP contribution in [0.4, 0.5) is 0 Å². The van der Waals surface area contributed by atoms with Crippen molar-refractivity contribution < 1.29 is 0 Å². The minimum atomic E-state index is 0.581. The van der Waals surface area contributed by atoms with Gasteiger partial charge in [-0.15, -0.1) is 0 Å². The maximum Gasteiger partial charge on any atom is 0.112 e. The maximum atomic E-state index is 8.92. The third-order valence-electron chi connectivity index (χ3n) is 1.99. The molecule has 2 rings (SSSR count). The van der Waals surface area contributed by atoms with Crippen LogP contribution in [0.2, 0.25) is 0 Å². The molecule has 0 aliphatic heterocycles. The molecule has 1 N–H and O–H groups in total. The molecule has 2 aromatic heterocycles. The Labute approximate surface area is 81.2 Å². The monoisotopic (exact) mass is 184 g/mol. The molecule has 0 aliphatic rings. The molecule has 68 valence electrons. The molecule has 0 fully saturated rings. The molecule has 14 heavy (non-hydrogen) atoms. The second kappa shape index (κ2) is 3.30. The van der Waals surface area contributed by atoms with Gasteiger partial charge in [0.15, 0.2) is 0 Å². The second-order valence-corrected chi connectivity index (χ2v) is 2.93. The first-order chi connectivity index (χ1) is 6.83. The highest BCUT2D eigenvalue weighted by Gasteiger charge is 2.10. The first-order valence-electron chi connectivity index (χ1n) is 4.18. The van der Waals surface area contributed by atoms with E-state index in [1.165, 1.54) is 0 Å². The number of nitrogens with zero attached hydrogens (tertiary/aromatic N) is 3. The Morgan fingerprint density at radius 2 is 2.36 bits per heavy atom. The molecule has 0 aromatic carbocycles. The number of H-pyrrole nitrogens is 1. The van der Waals surface area contributed by atoms with Gasteiger partial charge in [0.1, 0.15) is 17.3 Å². The number of nitrogens with one attached hydrogen (secondary N) is 1. The Morgan fingerprint density at radius 3 is 3.00 bits per heavy atom. The van der Waals surface area contributed by atoms with Gasteiger partial charge in [0.05, 0.1) is 5.69 Å². The van der Waals surface area contributed by atoms with Crippen LogP contribution in [0, 0.1) is 18.3 Å². The fraction of sp³-hybridized carbons (Fsp3) is 0.100. The highest BCUT2D eigenvalue weighted by Crippen LogP contribution is 2.21. The summed E-state index contributed by atoms with van der Waals surface area (Å²) in [5, 5.41) is 15.8. The number of aryl methyl sites for hydroxylation is 1. The molecule has 0 spiro atoms. The average molecular weight is 184 g/mol. The van der Waals surface area contributed by atoms with E-state index in [1.807, 2.05) is 19.1 Å². The van der Waals surface area contributed by atoms with Crippen molar-refractivity contribution in [1.29, 1.82) is 5.26 Å². The van der Waals surface area contributed by atoms with E-state index in [0.29, 0.717) is 11.3 Å². The molecule has 2 aromatic rings. The maximum absolute atomic E-state index is 8.92. The average Bonchev–Trinajstić information content (AvgIpc) is 2.61. The van der Waals surface area contributed by atoms with Crippen LogP contribution >= 0.6 is 0 Å². The zero-order valence-corrected chi connectivity index (χ0v) is 7.65. The highest BCUT2D eigenvalue weighted by atomic mass is 15.1. The van der Waals surface area contributed by atoms with Crippen LogP contribution in [-0.2, 0) is 0 Å². The molecule has 0 saturated heterocycles. The lowest BCUT2D eigenvalue weighted by atomic mass is 10.1. The first kappa shape index (κ1) is 8.45. The molecule has 4 heteroatoms. The molecule has 0 amide bonds. The van der Waals surface area contributed by atoms with Crippen LogP contribution in [0.25, 0.3) is 11.3 Å². The Balaban J connectivity index is 2.59. The van der Waals surface area contributed by atoms with Crippen molar-refractivity contribution in [1.82, 2.24) is 15.2 Å². The Morgan fingerprint density at radius 1 is 1.50 bits per heavy atom. The molecule has 0 unspecified atom stereocenters. The van der Waals surface area contributed by atoms with Crippen molar-refractivity contribution >= 4 is 0 Å². The van der Waals surface area contributed by atoms with Crippen molar-refractivity contribution in [2.24, 2.45) is 0 Å². The van der Waals surface area contributed by atoms with E-state index in [1.54, 1.807) is 12.4 Å². The van der Waals surface area contributed by atoms with Gasteiger partial charge in [-0.25, -0.2) is 0 Å². The molecular formula is C10H8N4. The number of hydrogen-bond donors (Lipinski definition) is 1. The zero-order valence-electron chi connectivity index (χ0n) is 7.65. The first-order valence-corrected chi connectivity index (χ1v) is 4.18. The fourth-order valence-corrected chi connectivity index (χ4v) is 1.28. The van der Waals surface area contributed by atoms with E-state index in [-0.39, 0.29) is 0 Å². The number of rotatable bonds is 1. The van der Waals surface area contributed by atoms with Gasteiger partial charge >= 0.3 is 0 Å². The van der Waals surface area contributed by atoms with E-state index >= 15 is 0 Å². The van der Waals surface area contributed by atoms with Crippen molar-refractivity contribution in [3.63, 3.8) is 0 Å². The summed E-state index contributed by atoms with van der Waals surface area (Å²) in [7, 11) is 0. The van der Waals surface area contributed by atoms with Gasteiger partial charge in [-0.05, 0) is 19.1 Å². The van der Waals surface area contributed by atoms with Crippen molar-refractivity contribution in [3.05, 3.63) is 35.8 Å². The minimum Gasteiger partial charge on any atom is -0.281 e. The Hall–Kier alpha value is -2.15. The molecule has 0 radical (unpaired) electrons. The molecule has 0 aliphatic carbocycles. The van der Waals surface area contributed by atoms with Gasteiger partial charge in [0.2, 0.25) is 0 Å². The molecule has 0 saturated carbocycles. The summed E-state index contributed by atoms with van der Waals surface area (Å²) in [4.78, 5) is 3.98. The summed E-state index contributed by atoms with van der Waals surface area (Å²) < 4.78 is 0. The summed E-state index contributed by atoms with van der Waals surface area (Å²) in [6.45, 7) is 1.82. The molecule has 0 bridgehead atoms. The summed E-state index contributed by atoms with van der Waals surface area (Å²) in [5.74, 6) is 0. The van der Waals surface area contributed by atoms with Crippen LogP contribution in [0.3, 0.4) is 0 Å². The van der Waals surface area contributed by atoms with Crippen LogP contribution in [0.5, 0.6) is 0 Å². The van der Waals surface area contributed by atoms with Gasteiger partial charge < -0.3 is 0 Å². The van der Waals surface area contributed by atoms with E-state index in [9.17, 15) is 0 Å². The number of aromatic amines is 1. The third-order valence-corrected chi connectivity index (χ3v) is 1.99. The number of pyridine rings is 1. The Bertz CT molecular complexity index is 479. The van der Waals surface area contributed by atoms with Crippen molar-refractivity contribution in [2.45, 2.75) is 6.92 Å². The third kappa shape index (κ3) is 1.25. The van der Waals surface area contributed by atoms with E-state index in [0.717, 1.165) is 11.3 Å². The number of hydrogen-bond acceptors (Lipinski definition) is 3. The zero-order chi connectivity index (χ0) is 9.97. The quantitative estimate of drug-likeness (QED) is 0.732. The van der Waals surface area contributed by atoms with E-state index in [4.69, 9.17) is 5.26 Å². The van der Waals surface area contributed by atoms with E-state index < -0.39 is 0 Å². The lowest BCUT2D eigenvalue weighted by molar-refractivity contribution is 1.05. The van der Waals surface area contributed by atoms with E-state index in [2.05, 4.69) is 21.3 Å². The smallest absolute Gasteiger partial charge is 0.112 e. The second-order valence-electron chi connectivity index (χ2n) is 2.93. The van der Waals surface area contributed by atoms with Gasteiger partial charge in [0, 0.05) is 18.0 Å². The SMILES string of the molecule is Cc1[nH]nc(-c2cccnc2)c1C#N. The molecule has 4 nitrogen and oxygen atoms in total. The van der Waals surface area contributed by atoms with Gasteiger partial charge in [-0.2, -0.15) is 10.4 Å². The summed E-state index contributed by atoms with van der Waals surface area (Å²) >= 11 is 0. The van der Waals surface area contributed by atoms with Gasteiger partial charge in [0.25, 0.3) is 0 Å². The molecule has 2 heterocycles. The van der Waals surface area contributed by atoms with Crippen molar-refractivity contribution in [2.75, 3.05) is 0 Å². The van der Waals surface area contributed by atoms with Crippen molar-refractivity contribution in [3.8, 4) is 17.3 Å². The number of nitriles is 1. The molecule has 0 atom stereocenters. The fourth-order valence-electron chi connectivity index (χ4n) is 1.28. The van der Waals surface area contributed by atoms with Crippen LogP contribution < -0.4 is 0 Å². The molecular weight excluding hydrogens is 176 g/mol. The van der Waals surface area contributed by atoms with Crippen LogP contribution in [0.15, 0.2) is 24.5 Å². The van der Waals surface area contributed by atoms with Crippen LogP contribution in [0.1, 0.15) is 11.3 Å². The minimum absolute atomic E-state index is 0.581. The summed E-state index contributed by atoms with van der Waals surface area (Å²) in [6.07, 6.45) is 3.38. The highest BCUT2D eigenvalue weighted by molar-refractivity contribution is 5.66. The standard InChI is InChI=1S/C10H8N4/c1-7-9(5-11)10(14-13-7)8-3-2-4-12-6-8/h2-4,6H,1H3,(H,13,14). The van der Waals surface area contributed by atoms with Gasteiger partial charge in [-0.1, -0.05) is 0 Å². The lowest BCUT2D eigenvalue weighted by Gasteiger charge is -1.94. The van der Waals surface area contributed by atoms with Gasteiger partial charge in [-0.3, -0.25) is 10.1 Å². The number of aromatic nitrogens is 3. The lowest BCUT2D eigenvalue weighted by Crippen LogP contribution is -1.83. The summed E-state index contributed by atoms with van der Waals surface area (Å²) in [6, 6.07) is 5.82. The normalized spacial score (nSPS) is 9.71. The van der Waals surface area contributed by atoms with Crippen LogP contribution in [-0.4, -0.2) is 15.2 Å². The largest absolute Gasteiger partial charge is 0.281 e. The topological polar surface area (TPSA) is 65.4 Å².